The normalized spacial score (nSPS) is 17.7. The minimum absolute atomic E-state index is 0.0660. The molecule has 0 amide bonds. The first-order valence-corrected chi connectivity index (χ1v) is 7.59. The van der Waals surface area contributed by atoms with Crippen molar-refractivity contribution in [3.63, 3.8) is 0 Å². The Kier molecular flexibility index (Phi) is 4.69. The van der Waals surface area contributed by atoms with Crippen LogP contribution in [0.25, 0.3) is 0 Å². The molecule has 0 unspecified atom stereocenters. The highest BCUT2D eigenvalue weighted by Crippen LogP contribution is 2.20. The van der Waals surface area contributed by atoms with Crippen LogP contribution in [0.5, 0.6) is 5.88 Å². The van der Waals surface area contributed by atoms with Crippen LogP contribution in [0, 0.1) is 0 Å². The van der Waals surface area contributed by atoms with Gasteiger partial charge in [0, 0.05) is 32.2 Å². The number of halogens is 3. The lowest BCUT2D eigenvalue weighted by Crippen LogP contribution is -2.46. The number of aromatic nitrogens is 1. The van der Waals surface area contributed by atoms with Crippen molar-refractivity contribution in [2.75, 3.05) is 32.8 Å². The van der Waals surface area contributed by atoms with Gasteiger partial charge in [-0.2, -0.15) is 17.5 Å². The van der Waals surface area contributed by atoms with Crippen LogP contribution >= 0.6 is 0 Å². The van der Waals surface area contributed by atoms with Gasteiger partial charge in [0.15, 0.2) is 6.61 Å². The maximum atomic E-state index is 12.3. The predicted molar refractivity (Wildman–Crippen MR) is 67.4 cm³/mol. The number of sulfonamides is 1. The second-order valence-corrected chi connectivity index (χ2v) is 6.33. The second kappa shape index (κ2) is 6.16. The predicted octanol–water partition coefficient (Wildman–Crippen LogP) is 0.617. The third kappa shape index (κ3) is 4.29. The molecule has 10 heteroatoms. The minimum atomic E-state index is -4.47. The lowest BCUT2D eigenvalue weighted by molar-refractivity contribution is -0.154. The van der Waals surface area contributed by atoms with E-state index in [-0.39, 0.29) is 10.8 Å². The highest BCUT2D eigenvalue weighted by Gasteiger charge is 2.29. The first kappa shape index (κ1) is 16.0. The first-order chi connectivity index (χ1) is 9.79. The van der Waals surface area contributed by atoms with E-state index in [0.29, 0.717) is 26.2 Å². The number of nitrogens with zero attached hydrogens (tertiary/aromatic N) is 2. The number of pyridine rings is 1. The molecule has 6 nitrogen and oxygen atoms in total. The van der Waals surface area contributed by atoms with E-state index < -0.39 is 22.8 Å². The van der Waals surface area contributed by atoms with E-state index in [9.17, 15) is 21.6 Å². The van der Waals surface area contributed by atoms with E-state index in [1.54, 1.807) is 0 Å². The summed E-state index contributed by atoms with van der Waals surface area (Å²) in [6.45, 7) is 0.325. The van der Waals surface area contributed by atoms with Crippen LogP contribution in [0.1, 0.15) is 0 Å². The Morgan fingerprint density at radius 3 is 2.48 bits per heavy atom. The fraction of sp³-hybridized carbons (Fsp3) is 0.545. The van der Waals surface area contributed by atoms with E-state index in [2.05, 4.69) is 15.0 Å². The number of rotatable bonds is 4. The third-order valence-corrected chi connectivity index (χ3v) is 4.69. The summed E-state index contributed by atoms with van der Waals surface area (Å²) in [5.74, 6) is -0.272. The van der Waals surface area contributed by atoms with Crippen LogP contribution in [0.4, 0.5) is 13.2 Å². The highest BCUT2D eigenvalue weighted by molar-refractivity contribution is 7.89. The van der Waals surface area contributed by atoms with Crippen molar-refractivity contribution in [1.82, 2.24) is 14.6 Å². The monoisotopic (exact) mass is 325 g/mol. The van der Waals surface area contributed by atoms with Crippen molar-refractivity contribution in [3.05, 3.63) is 18.3 Å². The zero-order valence-electron chi connectivity index (χ0n) is 10.9. The summed E-state index contributed by atoms with van der Waals surface area (Å²) in [6, 6.07) is 2.30. The zero-order chi connectivity index (χ0) is 15.5. The van der Waals surface area contributed by atoms with E-state index >= 15 is 0 Å². The summed E-state index contributed by atoms with van der Waals surface area (Å²) < 4.78 is 66.2. The molecule has 0 saturated carbocycles. The molecule has 1 fully saturated rings. The van der Waals surface area contributed by atoms with Crippen molar-refractivity contribution in [2.24, 2.45) is 0 Å². The topological polar surface area (TPSA) is 71.5 Å². The summed E-state index contributed by atoms with van der Waals surface area (Å²) in [6.07, 6.45) is -3.46. The molecule has 1 aliphatic rings. The van der Waals surface area contributed by atoms with Crippen molar-refractivity contribution < 1.29 is 26.3 Å². The number of ether oxygens (including phenoxy) is 1. The second-order valence-electron chi connectivity index (χ2n) is 4.39. The Morgan fingerprint density at radius 1 is 1.29 bits per heavy atom. The molecule has 2 rings (SSSR count). The summed E-state index contributed by atoms with van der Waals surface area (Å²) in [4.78, 5) is 3.53. The summed E-state index contributed by atoms with van der Waals surface area (Å²) in [5, 5.41) is 3.03. The van der Waals surface area contributed by atoms with E-state index in [0.717, 1.165) is 12.3 Å². The van der Waals surface area contributed by atoms with Crippen molar-refractivity contribution in [3.8, 4) is 5.88 Å². The molecule has 2 heterocycles. The standard InChI is InChI=1S/C11H14F3N3O3S/c12-11(13,14)8-20-10-2-1-9(7-16-10)21(18,19)17-5-3-15-4-6-17/h1-2,7,15H,3-6,8H2. The quantitative estimate of drug-likeness (QED) is 0.878. The molecule has 1 saturated heterocycles. The number of alkyl halides is 3. The molecule has 118 valence electrons. The van der Waals surface area contributed by atoms with Gasteiger partial charge in [-0.3, -0.25) is 0 Å². The summed E-state index contributed by atoms with van der Waals surface area (Å²) in [5.41, 5.74) is 0. The van der Waals surface area contributed by atoms with Gasteiger partial charge >= 0.3 is 6.18 Å². The van der Waals surface area contributed by atoms with Crippen LogP contribution in [0.15, 0.2) is 23.2 Å². The average molecular weight is 325 g/mol. The minimum Gasteiger partial charge on any atom is -0.468 e. The molecule has 1 aliphatic heterocycles. The maximum absolute atomic E-state index is 12.3. The Bertz CT molecular complexity index is 569. The van der Waals surface area contributed by atoms with Gasteiger partial charge in [-0.15, -0.1) is 0 Å². The van der Waals surface area contributed by atoms with Gasteiger partial charge in [-0.25, -0.2) is 13.4 Å². The van der Waals surface area contributed by atoms with Crippen LogP contribution in [0.2, 0.25) is 0 Å². The van der Waals surface area contributed by atoms with Gasteiger partial charge in [0.2, 0.25) is 15.9 Å². The van der Waals surface area contributed by atoms with Gasteiger partial charge in [0.25, 0.3) is 0 Å². The van der Waals surface area contributed by atoms with E-state index in [4.69, 9.17) is 0 Å². The van der Waals surface area contributed by atoms with Crippen molar-refractivity contribution in [1.29, 1.82) is 0 Å². The van der Waals surface area contributed by atoms with Crippen LogP contribution in [0.3, 0.4) is 0 Å². The van der Waals surface area contributed by atoms with Crippen molar-refractivity contribution >= 4 is 10.0 Å². The Balaban J connectivity index is 2.07. The smallest absolute Gasteiger partial charge is 0.422 e. The average Bonchev–Trinajstić information content (AvgIpc) is 2.46. The van der Waals surface area contributed by atoms with Gasteiger partial charge < -0.3 is 10.1 Å². The van der Waals surface area contributed by atoms with Crippen LogP contribution in [-0.4, -0.2) is 56.7 Å². The molecule has 0 radical (unpaired) electrons. The van der Waals surface area contributed by atoms with Crippen molar-refractivity contribution in [2.45, 2.75) is 11.1 Å². The van der Waals surface area contributed by atoms with E-state index in [1.807, 2.05) is 0 Å². The van der Waals surface area contributed by atoms with Gasteiger partial charge in [-0.1, -0.05) is 0 Å². The molecule has 0 spiro atoms. The largest absolute Gasteiger partial charge is 0.468 e. The summed E-state index contributed by atoms with van der Waals surface area (Å²) in [7, 11) is -3.67. The molecule has 1 aromatic heterocycles. The molecule has 0 bridgehead atoms. The Labute approximate surface area is 120 Å². The molecular weight excluding hydrogens is 311 g/mol. The number of hydrogen-bond donors (Lipinski definition) is 1. The van der Waals surface area contributed by atoms with Crippen LogP contribution in [-0.2, 0) is 10.0 Å². The lowest BCUT2D eigenvalue weighted by atomic mass is 10.4. The maximum Gasteiger partial charge on any atom is 0.422 e. The number of nitrogens with one attached hydrogen (secondary N) is 1. The Hall–Kier alpha value is -1.39. The summed E-state index contributed by atoms with van der Waals surface area (Å²) >= 11 is 0. The molecular formula is C11H14F3N3O3S. The van der Waals surface area contributed by atoms with Crippen LogP contribution < -0.4 is 10.1 Å². The fourth-order valence-electron chi connectivity index (χ4n) is 1.79. The Morgan fingerprint density at radius 2 is 1.95 bits per heavy atom. The molecule has 0 aliphatic carbocycles. The zero-order valence-corrected chi connectivity index (χ0v) is 11.7. The fourth-order valence-corrected chi connectivity index (χ4v) is 3.18. The molecule has 1 aromatic rings. The van der Waals surface area contributed by atoms with Gasteiger partial charge in [-0.05, 0) is 6.07 Å². The molecule has 0 aromatic carbocycles. The SMILES string of the molecule is O=S(=O)(c1ccc(OCC(F)(F)F)nc1)N1CCNCC1. The number of piperazine rings is 1. The first-order valence-electron chi connectivity index (χ1n) is 6.15. The van der Waals surface area contributed by atoms with Gasteiger partial charge in [0.05, 0.1) is 6.20 Å². The third-order valence-electron chi connectivity index (χ3n) is 2.81. The highest BCUT2D eigenvalue weighted by atomic mass is 32.2. The molecule has 21 heavy (non-hydrogen) atoms. The van der Waals surface area contributed by atoms with Gasteiger partial charge in [0.1, 0.15) is 4.90 Å². The molecule has 1 N–H and O–H groups in total. The molecule has 0 atom stereocenters. The van der Waals surface area contributed by atoms with E-state index in [1.165, 1.54) is 10.4 Å². The lowest BCUT2D eigenvalue weighted by Gasteiger charge is -2.26. The number of hydrogen-bond acceptors (Lipinski definition) is 5.